The number of hydrogen-bond acceptors (Lipinski definition) is 2. The van der Waals surface area contributed by atoms with E-state index in [0.717, 1.165) is 18.7 Å². The minimum atomic E-state index is -2.00. The van der Waals surface area contributed by atoms with Crippen molar-refractivity contribution in [2.75, 3.05) is 6.61 Å². The van der Waals surface area contributed by atoms with Gasteiger partial charge in [0.1, 0.15) is 0 Å². The van der Waals surface area contributed by atoms with Crippen LogP contribution in [0.2, 0.25) is 12.1 Å². The first-order valence-corrected chi connectivity index (χ1v) is 17.7. The van der Waals surface area contributed by atoms with E-state index < -0.39 is 8.56 Å². The van der Waals surface area contributed by atoms with Gasteiger partial charge >= 0.3 is 8.56 Å². The molecule has 2 nitrogen and oxygen atoms in total. The highest BCUT2D eigenvalue weighted by Crippen LogP contribution is 2.25. The first-order valence-electron chi connectivity index (χ1n) is 15.5. The van der Waals surface area contributed by atoms with Crippen molar-refractivity contribution >= 4 is 8.56 Å². The molecule has 0 spiro atoms. The minimum absolute atomic E-state index is 0.423. The Balaban J connectivity index is 3.70. The first-order chi connectivity index (χ1) is 16.2. The highest BCUT2D eigenvalue weighted by Gasteiger charge is 2.35. The summed E-state index contributed by atoms with van der Waals surface area (Å²) in [6, 6.07) is 2.18. The van der Waals surface area contributed by atoms with Crippen LogP contribution in [0.5, 0.6) is 0 Å². The van der Waals surface area contributed by atoms with Gasteiger partial charge in [-0.25, -0.2) is 0 Å². The van der Waals surface area contributed by atoms with Crippen molar-refractivity contribution in [2.45, 2.75) is 188 Å². The van der Waals surface area contributed by atoms with Crippen LogP contribution >= 0.6 is 0 Å². The zero-order valence-electron chi connectivity index (χ0n) is 23.9. The van der Waals surface area contributed by atoms with Gasteiger partial charge < -0.3 is 8.85 Å². The summed E-state index contributed by atoms with van der Waals surface area (Å²) in [5.41, 5.74) is 0. The van der Waals surface area contributed by atoms with E-state index in [-0.39, 0.29) is 0 Å². The van der Waals surface area contributed by atoms with Crippen molar-refractivity contribution < 1.29 is 8.85 Å². The lowest BCUT2D eigenvalue weighted by molar-refractivity contribution is 0.0972. The second-order valence-corrected chi connectivity index (χ2v) is 14.2. The van der Waals surface area contributed by atoms with Crippen molar-refractivity contribution in [3.8, 4) is 0 Å². The molecule has 0 fully saturated rings. The fraction of sp³-hybridized carbons (Fsp3) is 1.00. The summed E-state index contributed by atoms with van der Waals surface area (Å²) in [6.45, 7) is 12.3. The summed E-state index contributed by atoms with van der Waals surface area (Å²) in [5, 5.41) is 0. The molecule has 0 aromatic heterocycles. The van der Waals surface area contributed by atoms with Gasteiger partial charge in [0.05, 0.1) is 0 Å². The van der Waals surface area contributed by atoms with Crippen LogP contribution in [0.3, 0.4) is 0 Å². The van der Waals surface area contributed by atoms with E-state index in [4.69, 9.17) is 8.85 Å². The maximum Gasteiger partial charge on any atom is 0.337 e. The molecular weight excluding hydrogens is 420 g/mol. The van der Waals surface area contributed by atoms with E-state index >= 15 is 0 Å². The van der Waals surface area contributed by atoms with E-state index in [1.807, 2.05) is 0 Å². The molecule has 0 aromatic carbocycles. The summed E-state index contributed by atoms with van der Waals surface area (Å²) in [5.74, 6) is 0. The first kappa shape index (κ1) is 33.1. The third-order valence-electron chi connectivity index (χ3n) is 7.31. The third-order valence-corrected chi connectivity index (χ3v) is 11.0. The topological polar surface area (TPSA) is 18.5 Å². The largest absolute Gasteiger partial charge is 0.394 e. The summed E-state index contributed by atoms with van der Waals surface area (Å²) in [4.78, 5) is 0. The van der Waals surface area contributed by atoms with E-state index in [0.29, 0.717) is 6.10 Å². The van der Waals surface area contributed by atoms with Gasteiger partial charge in [0.2, 0.25) is 0 Å². The second-order valence-electron chi connectivity index (χ2n) is 10.4. The van der Waals surface area contributed by atoms with Crippen LogP contribution in [0.25, 0.3) is 0 Å². The zero-order valence-corrected chi connectivity index (χ0v) is 24.9. The molecular formula is C30H64O2Si. The Morgan fingerprint density at radius 1 is 0.455 bits per heavy atom. The number of rotatable bonds is 27. The second kappa shape index (κ2) is 25.2. The maximum atomic E-state index is 6.72. The molecule has 0 aliphatic rings. The molecule has 0 aromatic rings. The smallest absolute Gasteiger partial charge is 0.337 e. The van der Waals surface area contributed by atoms with Crippen LogP contribution < -0.4 is 0 Å². The quantitative estimate of drug-likeness (QED) is 0.0852. The molecule has 0 rings (SSSR count). The van der Waals surface area contributed by atoms with Gasteiger partial charge in [-0.3, -0.25) is 0 Å². The van der Waals surface area contributed by atoms with Crippen molar-refractivity contribution in [1.82, 2.24) is 0 Å². The molecule has 3 heteroatoms. The Labute approximate surface area is 211 Å². The maximum absolute atomic E-state index is 6.72. The molecule has 0 amide bonds. The van der Waals surface area contributed by atoms with Crippen LogP contribution in [0.1, 0.15) is 169 Å². The highest BCUT2D eigenvalue weighted by molar-refractivity contribution is 6.67. The summed E-state index contributed by atoms with van der Waals surface area (Å²) < 4.78 is 13.2. The van der Waals surface area contributed by atoms with Gasteiger partial charge in [-0.15, -0.1) is 0 Å². The normalized spacial score (nSPS) is 13.0. The molecule has 0 bridgehead atoms. The third kappa shape index (κ3) is 20.1. The predicted molar refractivity (Wildman–Crippen MR) is 152 cm³/mol. The Hall–Kier alpha value is 0.137. The van der Waals surface area contributed by atoms with Crippen LogP contribution in [0.4, 0.5) is 0 Å². The lowest BCUT2D eigenvalue weighted by Gasteiger charge is -2.33. The number of hydrogen-bond donors (Lipinski definition) is 0. The van der Waals surface area contributed by atoms with Gasteiger partial charge in [-0.2, -0.15) is 0 Å². The van der Waals surface area contributed by atoms with E-state index in [9.17, 15) is 0 Å². The zero-order chi connectivity index (χ0) is 24.5. The van der Waals surface area contributed by atoms with Crippen molar-refractivity contribution in [3.63, 3.8) is 0 Å². The Kier molecular flexibility index (Phi) is 25.3. The van der Waals surface area contributed by atoms with Crippen molar-refractivity contribution in [2.24, 2.45) is 0 Å². The Bertz CT molecular complexity index is 370. The molecule has 0 N–H and O–H groups in total. The van der Waals surface area contributed by atoms with Gasteiger partial charge in [0, 0.05) is 12.7 Å². The molecule has 0 saturated heterocycles. The molecule has 0 heterocycles. The predicted octanol–water partition coefficient (Wildman–Crippen LogP) is 11.1. The van der Waals surface area contributed by atoms with Gasteiger partial charge in [-0.05, 0) is 31.4 Å². The lowest BCUT2D eigenvalue weighted by Crippen LogP contribution is -2.44. The van der Waals surface area contributed by atoms with Gasteiger partial charge in [0.25, 0.3) is 0 Å². The minimum Gasteiger partial charge on any atom is -0.394 e. The number of unbranched alkanes of at least 4 members (excludes halogenated alkanes) is 16. The van der Waals surface area contributed by atoms with Crippen LogP contribution in [0.15, 0.2) is 0 Å². The lowest BCUT2D eigenvalue weighted by atomic mass is 10.0. The SMILES string of the molecule is CCCCCCCCCCCCCCCCCCO[Si](CC)(CC)OC(CCC)CCCC. The van der Waals surface area contributed by atoms with Crippen LogP contribution in [-0.2, 0) is 8.85 Å². The Morgan fingerprint density at radius 3 is 1.27 bits per heavy atom. The fourth-order valence-corrected chi connectivity index (χ4v) is 7.55. The molecule has 1 atom stereocenters. The molecule has 0 aliphatic carbocycles. The van der Waals surface area contributed by atoms with Gasteiger partial charge in [0.15, 0.2) is 0 Å². The van der Waals surface area contributed by atoms with E-state index in [1.54, 1.807) is 0 Å². The van der Waals surface area contributed by atoms with Gasteiger partial charge in [-0.1, -0.05) is 150 Å². The van der Waals surface area contributed by atoms with Crippen molar-refractivity contribution in [1.29, 1.82) is 0 Å². The van der Waals surface area contributed by atoms with E-state index in [2.05, 4.69) is 34.6 Å². The molecule has 200 valence electrons. The molecule has 33 heavy (non-hydrogen) atoms. The van der Waals surface area contributed by atoms with Crippen molar-refractivity contribution in [3.05, 3.63) is 0 Å². The highest BCUT2D eigenvalue weighted by atomic mass is 28.4. The molecule has 0 aliphatic heterocycles. The molecule has 0 radical (unpaired) electrons. The average Bonchev–Trinajstić information content (AvgIpc) is 2.83. The monoisotopic (exact) mass is 484 g/mol. The van der Waals surface area contributed by atoms with Crippen LogP contribution in [0, 0.1) is 0 Å². The summed E-state index contributed by atoms with van der Waals surface area (Å²) in [7, 11) is -2.00. The Morgan fingerprint density at radius 2 is 0.879 bits per heavy atom. The summed E-state index contributed by atoms with van der Waals surface area (Å²) >= 11 is 0. The fourth-order valence-electron chi connectivity index (χ4n) is 4.88. The van der Waals surface area contributed by atoms with Crippen LogP contribution in [-0.4, -0.2) is 21.3 Å². The summed E-state index contributed by atoms with van der Waals surface area (Å²) in [6.07, 6.45) is 29.3. The molecule has 1 unspecified atom stereocenters. The standard InChI is InChI=1S/C30H64O2Si/c1-6-11-13-14-15-16-17-18-19-20-21-22-23-24-25-26-29-31-33(9-4,10-5)32-30(27-8-3)28-12-7-2/h30H,6-29H2,1-5H3. The molecule has 0 saturated carbocycles. The van der Waals surface area contributed by atoms with E-state index in [1.165, 1.54) is 135 Å². The average molecular weight is 485 g/mol.